The van der Waals surface area contributed by atoms with Crippen LogP contribution in [0.3, 0.4) is 0 Å². The number of rotatable bonds is 4. The van der Waals surface area contributed by atoms with Gasteiger partial charge in [-0.2, -0.15) is 0 Å². The minimum absolute atomic E-state index is 0.0592. The van der Waals surface area contributed by atoms with Crippen molar-refractivity contribution in [3.63, 3.8) is 0 Å². The molecule has 0 aliphatic carbocycles. The predicted molar refractivity (Wildman–Crippen MR) is 60.5 cm³/mol. The Bertz CT molecular complexity index is 342. The van der Waals surface area contributed by atoms with Crippen molar-refractivity contribution in [2.75, 3.05) is 30.3 Å². The van der Waals surface area contributed by atoms with E-state index in [1.807, 2.05) is 11.8 Å². The highest BCUT2D eigenvalue weighted by Gasteiger charge is 2.10. The fourth-order valence-electron chi connectivity index (χ4n) is 1.53. The number of hydrogen-bond donors (Lipinski definition) is 2. The molecule has 15 heavy (non-hydrogen) atoms. The van der Waals surface area contributed by atoms with E-state index in [0.29, 0.717) is 17.8 Å². The third-order valence-electron chi connectivity index (χ3n) is 2.40. The Morgan fingerprint density at radius 2 is 2.13 bits per heavy atom. The van der Waals surface area contributed by atoms with Gasteiger partial charge in [0.25, 0.3) is 0 Å². The first-order chi connectivity index (χ1) is 7.10. The lowest BCUT2D eigenvalue weighted by molar-refractivity contribution is 0.302. The van der Waals surface area contributed by atoms with Crippen molar-refractivity contribution in [3.8, 4) is 0 Å². The molecule has 3 nitrogen and oxygen atoms in total. The van der Waals surface area contributed by atoms with Gasteiger partial charge in [0.1, 0.15) is 5.82 Å². The second-order valence-corrected chi connectivity index (χ2v) is 3.46. The molecular weight excluding hydrogens is 195 g/mol. The van der Waals surface area contributed by atoms with Gasteiger partial charge >= 0.3 is 0 Å². The fraction of sp³-hybridized carbons (Fsp3) is 0.455. The van der Waals surface area contributed by atoms with Gasteiger partial charge in [0.2, 0.25) is 0 Å². The maximum atomic E-state index is 13.2. The Balaban J connectivity index is 3.06. The molecular formula is C11H17FN2O. The van der Waals surface area contributed by atoms with Crippen LogP contribution < -0.4 is 10.6 Å². The first-order valence-corrected chi connectivity index (χ1v) is 5.01. The summed E-state index contributed by atoms with van der Waals surface area (Å²) in [6.45, 7) is 4.96. The van der Waals surface area contributed by atoms with Crippen molar-refractivity contribution in [2.24, 2.45) is 0 Å². The third kappa shape index (κ3) is 2.59. The third-order valence-corrected chi connectivity index (χ3v) is 2.40. The summed E-state index contributed by atoms with van der Waals surface area (Å²) in [5.41, 5.74) is 7.49. The maximum absolute atomic E-state index is 13.2. The summed E-state index contributed by atoms with van der Waals surface area (Å²) >= 11 is 0. The zero-order valence-electron chi connectivity index (χ0n) is 9.13. The lowest BCUT2D eigenvalue weighted by Crippen LogP contribution is -2.27. The van der Waals surface area contributed by atoms with Gasteiger partial charge in [-0.05, 0) is 31.5 Å². The molecule has 0 saturated carbocycles. The first kappa shape index (κ1) is 11.8. The van der Waals surface area contributed by atoms with Crippen molar-refractivity contribution >= 4 is 11.4 Å². The summed E-state index contributed by atoms with van der Waals surface area (Å²) in [5, 5.41) is 8.89. The van der Waals surface area contributed by atoms with Crippen LogP contribution in [0.25, 0.3) is 0 Å². The van der Waals surface area contributed by atoms with Crippen molar-refractivity contribution in [1.82, 2.24) is 0 Å². The van der Waals surface area contributed by atoms with Crippen molar-refractivity contribution in [1.29, 1.82) is 0 Å². The molecule has 0 amide bonds. The van der Waals surface area contributed by atoms with Crippen LogP contribution >= 0.6 is 0 Å². The summed E-state index contributed by atoms with van der Waals surface area (Å²) in [7, 11) is 0. The van der Waals surface area contributed by atoms with Gasteiger partial charge in [-0.3, -0.25) is 0 Å². The molecule has 1 aromatic rings. The van der Waals surface area contributed by atoms with Crippen molar-refractivity contribution in [3.05, 3.63) is 23.5 Å². The summed E-state index contributed by atoms with van der Waals surface area (Å²) in [5.74, 6) is -0.295. The van der Waals surface area contributed by atoms with Crippen LogP contribution in [-0.4, -0.2) is 24.8 Å². The van der Waals surface area contributed by atoms with E-state index in [0.717, 1.165) is 12.2 Å². The molecule has 0 bridgehead atoms. The number of anilines is 2. The molecule has 0 heterocycles. The molecule has 0 aromatic heterocycles. The predicted octanol–water partition coefficient (Wildman–Crippen LogP) is 1.53. The van der Waals surface area contributed by atoms with Gasteiger partial charge in [-0.25, -0.2) is 4.39 Å². The fourth-order valence-corrected chi connectivity index (χ4v) is 1.53. The largest absolute Gasteiger partial charge is 0.397 e. The number of nitrogen functional groups attached to an aromatic ring is 1. The monoisotopic (exact) mass is 212 g/mol. The highest BCUT2D eigenvalue weighted by atomic mass is 19.1. The van der Waals surface area contributed by atoms with E-state index >= 15 is 0 Å². The second kappa shape index (κ2) is 4.98. The summed E-state index contributed by atoms with van der Waals surface area (Å²) in [6.07, 6.45) is 0. The smallest absolute Gasteiger partial charge is 0.128 e. The van der Waals surface area contributed by atoms with Gasteiger partial charge in [0.05, 0.1) is 18.0 Å². The van der Waals surface area contributed by atoms with E-state index in [-0.39, 0.29) is 12.4 Å². The molecule has 0 unspecified atom stereocenters. The van der Waals surface area contributed by atoms with Gasteiger partial charge < -0.3 is 15.7 Å². The van der Waals surface area contributed by atoms with E-state index in [9.17, 15) is 4.39 Å². The van der Waals surface area contributed by atoms with E-state index in [2.05, 4.69) is 0 Å². The van der Waals surface area contributed by atoms with Gasteiger partial charge in [0, 0.05) is 13.1 Å². The molecule has 0 fully saturated rings. The molecule has 84 valence electrons. The summed E-state index contributed by atoms with van der Waals surface area (Å²) in [6, 6.07) is 3.04. The number of aryl methyl sites for hydroxylation is 1. The quantitative estimate of drug-likeness (QED) is 0.744. The number of nitrogens with zero attached hydrogens (tertiary/aromatic N) is 1. The molecule has 0 saturated heterocycles. The highest BCUT2D eigenvalue weighted by Crippen LogP contribution is 2.26. The van der Waals surface area contributed by atoms with Crippen LogP contribution in [0, 0.1) is 12.7 Å². The van der Waals surface area contributed by atoms with E-state index < -0.39 is 0 Å². The molecule has 0 aliphatic heterocycles. The van der Waals surface area contributed by atoms with Gasteiger partial charge in [-0.1, -0.05) is 0 Å². The van der Waals surface area contributed by atoms with Crippen LogP contribution in [0.5, 0.6) is 0 Å². The minimum Gasteiger partial charge on any atom is -0.397 e. The van der Waals surface area contributed by atoms with E-state index in [1.54, 1.807) is 13.0 Å². The van der Waals surface area contributed by atoms with Crippen LogP contribution in [0.1, 0.15) is 12.5 Å². The maximum Gasteiger partial charge on any atom is 0.128 e. The number of nitrogens with two attached hydrogens (primary N) is 1. The lowest BCUT2D eigenvalue weighted by atomic mass is 10.1. The molecule has 3 N–H and O–H groups in total. The van der Waals surface area contributed by atoms with Crippen LogP contribution in [0.15, 0.2) is 12.1 Å². The molecule has 1 aromatic carbocycles. The van der Waals surface area contributed by atoms with E-state index in [1.165, 1.54) is 6.07 Å². The standard InChI is InChI=1S/C11H17FN2O/c1-3-14(4-5-15)11-6-8(2)9(12)7-10(11)13/h6-7,15H,3-5,13H2,1-2H3. The van der Waals surface area contributed by atoms with Crippen LogP contribution in [-0.2, 0) is 0 Å². The zero-order valence-corrected chi connectivity index (χ0v) is 9.13. The lowest BCUT2D eigenvalue weighted by Gasteiger charge is -2.24. The number of likely N-dealkylation sites (N-methyl/N-ethyl adjacent to an activating group) is 1. The second-order valence-electron chi connectivity index (χ2n) is 3.46. The van der Waals surface area contributed by atoms with E-state index in [4.69, 9.17) is 10.8 Å². The molecule has 0 spiro atoms. The average molecular weight is 212 g/mol. The Kier molecular flexibility index (Phi) is 3.91. The van der Waals surface area contributed by atoms with Crippen molar-refractivity contribution < 1.29 is 9.50 Å². The highest BCUT2D eigenvalue weighted by molar-refractivity contribution is 5.68. The Morgan fingerprint density at radius 3 is 2.67 bits per heavy atom. The Hall–Kier alpha value is -1.29. The Morgan fingerprint density at radius 1 is 1.47 bits per heavy atom. The number of aliphatic hydroxyl groups is 1. The summed E-state index contributed by atoms with van der Waals surface area (Å²) < 4.78 is 13.2. The van der Waals surface area contributed by atoms with Crippen LogP contribution in [0.2, 0.25) is 0 Å². The number of aliphatic hydroxyl groups excluding tert-OH is 1. The molecule has 1 rings (SSSR count). The number of halogens is 1. The normalized spacial score (nSPS) is 10.4. The van der Waals surface area contributed by atoms with Crippen LogP contribution in [0.4, 0.5) is 15.8 Å². The molecule has 0 atom stereocenters. The molecule has 0 radical (unpaired) electrons. The van der Waals surface area contributed by atoms with Gasteiger partial charge in [-0.15, -0.1) is 0 Å². The van der Waals surface area contributed by atoms with Gasteiger partial charge in [0.15, 0.2) is 0 Å². The summed E-state index contributed by atoms with van der Waals surface area (Å²) in [4.78, 5) is 1.92. The Labute approximate surface area is 89.3 Å². The molecule has 0 aliphatic rings. The number of benzene rings is 1. The average Bonchev–Trinajstić information content (AvgIpc) is 2.20. The minimum atomic E-state index is -0.295. The number of hydrogen-bond acceptors (Lipinski definition) is 3. The molecule has 4 heteroatoms. The first-order valence-electron chi connectivity index (χ1n) is 5.01. The topological polar surface area (TPSA) is 49.5 Å². The van der Waals surface area contributed by atoms with Crippen molar-refractivity contribution in [2.45, 2.75) is 13.8 Å². The SMILES string of the molecule is CCN(CCO)c1cc(C)c(F)cc1N. The zero-order chi connectivity index (χ0) is 11.4.